The van der Waals surface area contributed by atoms with Crippen molar-refractivity contribution in [2.45, 2.75) is 63.7 Å². The Bertz CT molecular complexity index is 825. The molecule has 174 valence electrons. The molecule has 2 aliphatic heterocycles. The Labute approximate surface area is 192 Å². The van der Waals surface area contributed by atoms with E-state index in [0.717, 1.165) is 13.0 Å². The molecule has 1 amide bonds. The maximum atomic E-state index is 12.8. The second kappa shape index (κ2) is 11.6. The molecule has 0 saturated carbocycles. The molecule has 0 radical (unpaired) electrons. The highest BCUT2D eigenvalue weighted by Gasteiger charge is 2.31. The largest absolute Gasteiger partial charge is 0.356 e. The maximum absolute atomic E-state index is 12.8. The number of carbonyl (C=O) groups is 1. The first-order valence-electron chi connectivity index (χ1n) is 11.6. The molecule has 31 heavy (non-hydrogen) atoms. The summed E-state index contributed by atoms with van der Waals surface area (Å²) in [5.74, 6) is -0.141. The van der Waals surface area contributed by atoms with Crippen LogP contribution >= 0.6 is 11.6 Å². The summed E-state index contributed by atoms with van der Waals surface area (Å²) in [6.07, 6.45) is 7.20. The highest BCUT2D eigenvalue weighted by Crippen LogP contribution is 2.24. The number of benzene rings is 1. The number of hydrogen-bond acceptors (Lipinski definition) is 4. The van der Waals surface area contributed by atoms with Gasteiger partial charge in [0, 0.05) is 43.2 Å². The number of likely N-dealkylation sites (tertiary alicyclic amines) is 1. The van der Waals surface area contributed by atoms with Crippen molar-refractivity contribution in [3.05, 3.63) is 34.9 Å². The molecule has 2 aliphatic rings. The molecule has 3 rings (SSSR count). The lowest BCUT2D eigenvalue weighted by molar-refractivity contribution is -0.126. The first kappa shape index (κ1) is 24.5. The van der Waals surface area contributed by atoms with Crippen molar-refractivity contribution in [1.29, 1.82) is 0 Å². The summed E-state index contributed by atoms with van der Waals surface area (Å²) in [6, 6.07) is 7.73. The van der Waals surface area contributed by atoms with Crippen LogP contribution in [0.3, 0.4) is 0 Å². The number of nitrogens with one attached hydrogen (secondary N) is 1. The molecular formula is C23H36ClN3O3S. The van der Waals surface area contributed by atoms with E-state index in [-0.39, 0.29) is 17.6 Å². The monoisotopic (exact) mass is 469 g/mol. The number of carbonyl (C=O) groups excluding carboxylic acids is 1. The van der Waals surface area contributed by atoms with Crippen LogP contribution in [0.2, 0.25) is 5.02 Å². The van der Waals surface area contributed by atoms with E-state index in [4.69, 9.17) is 11.6 Å². The number of sulfonamides is 1. The Morgan fingerprint density at radius 2 is 1.87 bits per heavy atom. The molecule has 1 N–H and O–H groups in total. The van der Waals surface area contributed by atoms with Crippen LogP contribution in [-0.2, 0) is 20.6 Å². The van der Waals surface area contributed by atoms with Gasteiger partial charge in [0.25, 0.3) is 0 Å². The van der Waals surface area contributed by atoms with Crippen LogP contribution in [0.4, 0.5) is 0 Å². The van der Waals surface area contributed by atoms with Crippen molar-refractivity contribution in [3.8, 4) is 0 Å². The Hall–Kier alpha value is -1.15. The fourth-order valence-electron chi connectivity index (χ4n) is 4.75. The van der Waals surface area contributed by atoms with E-state index in [1.54, 1.807) is 24.3 Å². The average molecular weight is 470 g/mol. The molecule has 0 spiro atoms. The summed E-state index contributed by atoms with van der Waals surface area (Å²) < 4.78 is 27.0. The van der Waals surface area contributed by atoms with Gasteiger partial charge in [-0.05, 0) is 56.7 Å². The van der Waals surface area contributed by atoms with Crippen LogP contribution in [-0.4, -0.2) is 62.3 Å². The van der Waals surface area contributed by atoms with E-state index in [1.165, 1.54) is 36.5 Å². The highest BCUT2D eigenvalue weighted by molar-refractivity contribution is 7.88. The highest BCUT2D eigenvalue weighted by atomic mass is 35.5. The first-order valence-corrected chi connectivity index (χ1v) is 13.6. The Balaban J connectivity index is 1.39. The van der Waals surface area contributed by atoms with Crippen LogP contribution in [0.15, 0.2) is 24.3 Å². The molecule has 0 aliphatic carbocycles. The second-order valence-corrected chi connectivity index (χ2v) is 11.1. The molecule has 8 heteroatoms. The van der Waals surface area contributed by atoms with Gasteiger partial charge in [-0.15, -0.1) is 0 Å². The Kier molecular flexibility index (Phi) is 9.19. The van der Waals surface area contributed by atoms with E-state index in [0.29, 0.717) is 49.1 Å². The molecule has 2 fully saturated rings. The molecule has 6 nitrogen and oxygen atoms in total. The van der Waals surface area contributed by atoms with Crippen molar-refractivity contribution < 1.29 is 13.2 Å². The van der Waals surface area contributed by atoms with E-state index >= 15 is 0 Å². The van der Waals surface area contributed by atoms with Gasteiger partial charge in [-0.2, -0.15) is 0 Å². The van der Waals surface area contributed by atoms with Gasteiger partial charge in [0.2, 0.25) is 15.9 Å². The van der Waals surface area contributed by atoms with Crippen molar-refractivity contribution in [1.82, 2.24) is 14.5 Å². The minimum absolute atomic E-state index is 0.0637. The molecule has 1 atom stereocenters. The minimum atomic E-state index is -3.44. The SMILES string of the molecule is CC[C@H]1CCCCN1CCCNC(=O)C1CCN(S(=O)(=O)Cc2ccccc2Cl)CC1. The van der Waals surface area contributed by atoms with Gasteiger partial charge >= 0.3 is 0 Å². The van der Waals surface area contributed by atoms with Gasteiger partial charge in [-0.25, -0.2) is 12.7 Å². The molecule has 0 bridgehead atoms. The molecule has 2 heterocycles. The standard InChI is InChI=1S/C23H36ClN3O3S/c1-2-21-9-5-6-14-26(21)15-7-13-25-23(28)19-11-16-27(17-12-19)31(29,30)18-20-8-3-4-10-22(20)24/h3-4,8,10,19,21H,2,5-7,9,11-18H2,1H3,(H,25,28)/t21-/m0/s1. The maximum Gasteiger partial charge on any atom is 0.223 e. The van der Waals surface area contributed by atoms with E-state index in [2.05, 4.69) is 17.1 Å². The van der Waals surface area contributed by atoms with E-state index < -0.39 is 10.0 Å². The predicted octanol–water partition coefficient (Wildman–Crippen LogP) is 3.65. The lowest BCUT2D eigenvalue weighted by Crippen LogP contribution is -2.44. The van der Waals surface area contributed by atoms with Crippen molar-refractivity contribution in [2.75, 3.05) is 32.7 Å². The summed E-state index contributed by atoms with van der Waals surface area (Å²) >= 11 is 6.12. The lowest BCUT2D eigenvalue weighted by Gasteiger charge is -2.35. The number of halogens is 1. The van der Waals surface area contributed by atoms with Crippen molar-refractivity contribution in [2.24, 2.45) is 5.92 Å². The number of hydrogen-bond donors (Lipinski definition) is 1. The number of amides is 1. The predicted molar refractivity (Wildman–Crippen MR) is 126 cm³/mol. The van der Waals surface area contributed by atoms with Crippen molar-refractivity contribution >= 4 is 27.5 Å². The zero-order chi connectivity index (χ0) is 22.3. The zero-order valence-electron chi connectivity index (χ0n) is 18.6. The van der Waals surface area contributed by atoms with Crippen LogP contribution < -0.4 is 5.32 Å². The van der Waals surface area contributed by atoms with Gasteiger partial charge < -0.3 is 10.2 Å². The van der Waals surface area contributed by atoms with Gasteiger partial charge in [0.05, 0.1) is 5.75 Å². The van der Waals surface area contributed by atoms with Gasteiger partial charge in [-0.1, -0.05) is 43.1 Å². The topological polar surface area (TPSA) is 69.7 Å². The zero-order valence-corrected chi connectivity index (χ0v) is 20.1. The van der Waals surface area contributed by atoms with Crippen LogP contribution in [0.1, 0.15) is 57.4 Å². The van der Waals surface area contributed by atoms with Crippen LogP contribution in [0.5, 0.6) is 0 Å². The third-order valence-corrected chi connectivity index (χ3v) is 8.85. The van der Waals surface area contributed by atoms with Gasteiger partial charge in [-0.3, -0.25) is 4.79 Å². The molecule has 1 aromatic carbocycles. The lowest BCUT2D eigenvalue weighted by atomic mass is 9.97. The third-order valence-electron chi connectivity index (χ3n) is 6.66. The fourth-order valence-corrected chi connectivity index (χ4v) is 6.63. The molecule has 0 aromatic heterocycles. The van der Waals surface area contributed by atoms with Gasteiger partial charge in [0.1, 0.15) is 0 Å². The number of rotatable bonds is 9. The summed E-state index contributed by atoms with van der Waals surface area (Å²) in [5.41, 5.74) is 0.614. The quantitative estimate of drug-likeness (QED) is 0.560. The average Bonchev–Trinajstić information content (AvgIpc) is 2.78. The second-order valence-electron chi connectivity index (χ2n) is 8.76. The summed E-state index contributed by atoms with van der Waals surface area (Å²) in [6.45, 7) is 5.93. The molecule has 2 saturated heterocycles. The number of nitrogens with zero attached hydrogens (tertiary/aromatic N) is 2. The number of piperidine rings is 2. The fraction of sp³-hybridized carbons (Fsp3) is 0.696. The minimum Gasteiger partial charge on any atom is -0.356 e. The first-order chi connectivity index (χ1) is 14.9. The smallest absolute Gasteiger partial charge is 0.223 e. The van der Waals surface area contributed by atoms with Crippen molar-refractivity contribution in [3.63, 3.8) is 0 Å². The van der Waals surface area contributed by atoms with Crippen LogP contribution in [0, 0.1) is 5.92 Å². The molecular weight excluding hydrogens is 434 g/mol. The van der Waals surface area contributed by atoms with Gasteiger partial charge in [0.15, 0.2) is 0 Å². The van der Waals surface area contributed by atoms with Crippen LogP contribution in [0.25, 0.3) is 0 Å². The Morgan fingerprint density at radius 1 is 1.13 bits per heavy atom. The summed E-state index contributed by atoms with van der Waals surface area (Å²) in [7, 11) is -3.44. The molecule has 1 aromatic rings. The Morgan fingerprint density at radius 3 is 2.58 bits per heavy atom. The molecule has 0 unspecified atom stereocenters. The summed E-state index contributed by atoms with van der Waals surface area (Å²) in [5, 5.41) is 3.54. The van der Waals surface area contributed by atoms with E-state index in [1.807, 2.05) is 0 Å². The third kappa shape index (κ3) is 6.91. The normalized spacial score (nSPS) is 21.8. The summed E-state index contributed by atoms with van der Waals surface area (Å²) in [4.78, 5) is 15.1. The van der Waals surface area contributed by atoms with E-state index in [9.17, 15) is 13.2 Å².